The molecule has 5 rings (SSSR count). The maximum Gasteiger partial charge on any atom is 0.351 e. The Morgan fingerprint density at radius 3 is 2.55 bits per heavy atom. The van der Waals surface area contributed by atoms with E-state index in [0.29, 0.717) is 13.1 Å². The number of carbonyl (C=O) groups is 1. The van der Waals surface area contributed by atoms with Gasteiger partial charge in [0.1, 0.15) is 28.7 Å². The summed E-state index contributed by atoms with van der Waals surface area (Å²) >= 11 is 0. The van der Waals surface area contributed by atoms with E-state index in [1.807, 2.05) is 45.6 Å². The summed E-state index contributed by atoms with van der Waals surface area (Å²) in [5, 5.41) is 10.7. The van der Waals surface area contributed by atoms with E-state index < -0.39 is 40.4 Å². The first kappa shape index (κ1) is 29.1. The number of dihydropyridines is 1. The third-order valence-electron chi connectivity index (χ3n) is 8.12. The van der Waals surface area contributed by atoms with Crippen LogP contribution in [0.15, 0.2) is 58.4 Å². The van der Waals surface area contributed by atoms with Crippen LogP contribution in [-0.2, 0) is 4.79 Å². The molecular weight excluding hydrogens is 542 g/mol. The van der Waals surface area contributed by atoms with Gasteiger partial charge in [0.2, 0.25) is 5.91 Å². The first-order valence-electron chi connectivity index (χ1n) is 13.9. The SMILES string of the molecule is C=CC(=O)N1C[C@H](C)N(c2nc(=O)n(C3C(C)=CC=NC3C(C)C)c3nc(-c4c(O)cccc4F)c(F)cc23)C[C@H]1C. The number of pyridine rings is 1. The first-order valence-corrected chi connectivity index (χ1v) is 13.9. The van der Waals surface area contributed by atoms with Gasteiger partial charge in [0.15, 0.2) is 5.82 Å². The molecule has 0 radical (unpaired) electrons. The minimum atomic E-state index is -0.883. The Morgan fingerprint density at radius 2 is 1.88 bits per heavy atom. The van der Waals surface area contributed by atoms with E-state index in [0.717, 1.165) is 11.6 Å². The molecule has 42 heavy (non-hydrogen) atoms. The molecule has 11 heteroatoms. The summed E-state index contributed by atoms with van der Waals surface area (Å²) in [5.74, 6) is -2.17. The molecule has 2 aromatic heterocycles. The van der Waals surface area contributed by atoms with Crippen LogP contribution in [0.3, 0.4) is 0 Å². The Labute approximate surface area is 242 Å². The molecule has 1 N–H and O–H groups in total. The number of rotatable bonds is 5. The van der Waals surface area contributed by atoms with Crippen LogP contribution in [0.5, 0.6) is 5.75 Å². The number of benzene rings is 1. The third-order valence-corrected chi connectivity index (χ3v) is 8.12. The number of phenols is 1. The van der Waals surface area contributed by atoms with Crippen LogP contribution in [0.4, 0.5) is 14.6 Å². The van der Waals surface area contributed by atoms with Gasteiger partial charge in [0.25, 0.3) is 0 Å². The van der Waals surface area contributed by atoms with Crippen molar-refractivity contribution in [3.8, 4) is 17.0 Å². The van der Waals surface area contributed by atoms with Crippen molar-refractivity contribution < 1.29 is 18.7 Å². The fourth-order valence-corrected chi connectivity index (χ4v) is 5.96. The van der Waals surface area contributed by atoms with Gasteiger partial charge in [-0.2, -0.15) is 4.98 Å². The second-order valence-electron chi connectivity index (χ2n) is 11.3. The second-order valence-corrected chi connectivity index (χ2v) is 11.3. The molecule has 2 unspecified atom stereocenters. The Kier molecular flexibility index (Phi) is 7.70. The molecule has 9 nitrogen and oxygen atoms in total. The molecule has 2 aliphatic heterocycles. The third kappa shape index (κ3) is 4.86. The van der Waals surface area contributed by atoms with Gasteiger partial charge in [0.05, 0.1) is 23.0 Å². The largest absolute Gasteiger partial charge is 0.507 e. The minimum Gasteiger partial charge on any atom is -0.507 e. The number of anilines is 1. The van der Waals surface area contributed by atoms with E-state index in [1.165, 1.54) is 28.8 Å². The van der Waals surface area contributed by atoms with E-state index in [9.17, 15) is 19.1 Å². The lowest BCUT2D eigenvalue weighted by Gasteiger charge is -2.44. The van der Waals surface area contributed by atoms with Crippen molar-refractivity contribution in [2.45, 2.75) is 58.8 Å². The quantitative estimate of drug-likeness (QED) is 0.444. The Morgan fingerprint density at radius 1 is 1.14 bits per heavy atom. The average molecular weight is 577 g/mol. The van der Waals surface area contributed by atoms with Crippen molar-refractivity contribution in [1.82, 2.24) is 19.4 Å². The first-order chi connectivity index (χ1) is 19.9. The topological polar surface area (TPSA) is 104 Å². The summed E-state index contributed by atoms with van der Waals surface area (Å²) in [5.41, 5.74) is -0.517. The number of piperazine rings is 1. The number of amides is 1. The summed E-state index contributed by atoms with van der Waals surface area (Å²) in [4.78, 5) is 43.7. The molecule has 220 valence electrons. The van der Waals surface area contributed by atoms with Gasteiger partial charge in [-0.25, -0.2) is 18.6 Å². The summed E-state index contributed by atoms with van der Waals surface area (Å²) < 4.78 is 32.2. The van der Waals surface area contributed by atoms with Gasteiger partial charge in [-0.1, -0.05) is 26.5 Å². The molecule has 4 heterocycles. The summed E-state index contributed by atoms with van der Waals surface area (Å²) in [6.07, 6.45) is 4.78. The Balaban J connectivity index is 1.80. The van der Waals surface area contributed by atoms with Gasteiger partial charge in [-0.3, -0.25) is 14.4 Å². The Bertz CT molecular complexity index is 1680. The molecule has 0 aliphatic carbocycles. The van der Waals surface area contributed by atoms with E-state index in [2.05, 4.69) is 21.5 Å². The standard InChI is InChI=1S/C31H34F2N6O3/c1-7-24(41)37-14-19(6)38(15-18(37)5)29-20-13-22(33)27(25-21(32)9-8-10-23(25)40)35-30(20)39(31(42)36-29)28-17(4)11-12-34-26(28)16(2)3/h7-13,16,18-19,26,28,40H,1,14-15H2,2-6H3/t18-,19+,26?,28?/m1/s1. The molecule has 1 aromatic carbocycles. The van der Waals surface area contributed by atoms with Gasteiger partial charge in [0, 0.05) is 31.4 Å². The van der Waals surface area contributed by atoms with Crippen LogP contribution < -0.4 is 10.6 Å². The van der Waals surface area contributed by atoms with Crippen molar-refractivity contribution in [1.29, 1.82) is 0 Å². The van der Waals surface area contributed by atoms with Crippen molar-refractivity contribution in [2.24, 2.45) is 10.9 Å². The molecule has 3 aromatic rings. The van der Waals surface area contributed by atoms with E-state index in [-0.39, 0.29) is 46.8 Å². The van der Waals surface area contributed by atoms with Crippen LogP contribution in [0, 0.1) is 17.6 Å². The van der Waals surface area contributed by atoms with Crippen LogP contribution in [-0.4, -0.2) is 67.9 Å². The second kappa shape index (κ2) is 11.1. The predicted molar refractivity (Wildman–Crippen MR) is 159 cm³/mol. The molecule has 1 amide bonds. The molecule has 4 atom stereocenters. The highest BCUT2D eigenvalue weighted by molar-refractivity contribution is 5.91. The van der Waals surface area contributed by atoms with Crippen molar-refractivity contribution in [2.75, 3.05) is 18.0 Å². The predicted octanol–water partition coefficient (Wildman–Crippen LogP) is 4.65. The summed E-state index contributed by atoms with van der Waals surface area (Å²) in [6.45, 7) is 13.9. The Hall–Kier alpha value is -4.41. The lowest BCUT2D eigenvalue weighted by molar-refractivity contribution is -0.128. The lowest BCUT2D eigenvalue weighted by Crippen LogP contribution is -2.58. The number of nitrogens with zero attached hydrogens (tertiary/aromatic N) is 6. The zero-order valence-corrected chi connectivity index (χ0v) is 24.3. The number of carbonyl (C=O) groups excluding carboxylic acids is 1. The average Bonchev–Trinajstić information content (AvgIpc) is 2.94. The molecular formula is C31H34F2N6O3. The summed E-state index contributed by atoms with van der Waals surface area (Å²) in [7, 11) is 0. The number of hydrogen-bond acceptors (Lipinski definition) is 7. The van der Waals surface area contributed by atoms with Crippen LogP contribution in [0.25, 0.3) is 22.3 Å². The smallest absolute Gasteiger partial charge is 0.351 e. The lowest BCUT2D eigenvalue weighted by atomic mass is 9.90. The zero-order valence-electron chi connectivity index (χ0n) is 24.3. The van der Waals surface area contributed by atoms with E-state index in [4.69, 9.17) is 0 Å². The highest BCUT2D eigenvalue weighted by atomic mass is 19.1. The molecule has 0 saturated carbocycles. The fourth-order valence-electron chi connectivity index (χ4n) is 5.96. The van der Waals surface area contributed by atoms with Gasteiger partial charge in [-0.15, -0.1) is 0 Å². The number of hydrogen-bond donors (Lipinski definition) is 1. The van der Waals surface area contributed by atoms with Crippen molar-refractivity contribution in [3.63, 3.8) is 0 Å². The number of fused-ring (bicyclic) bond motifs is 1. The highest BCUT2D eigenvalue weighted by Gasteiger charge is 2.36. The van der Waals surface area contributed by atoms with Gasteiger partial charge < -0.3 is 14.9 Å². The minimum absolute atomic E-state index is 0.0309. The fraction of sp³-hybridized carbons (Fsp3) is 0.387. The van der Waals surface area contributed by atoms with E-state index in [1.54, 1.807) is 11.1 Å². The van der Waals surface area contributed by atoms with Crippen LogP contribution in [0.2, 0.25) is 0 Å². The molecule has 2 aliphatic rings. The summed E-state index contributed by atoms with van der Waals surface area (Å²) in [6, 6.07) is 3.41. The number of aliphatic imine (C=N–C) groups is 1. The number of phenolic OH excluding ortho intramolecular Hbond substituents is 1. The zero-order chi connectivity index (χ0) is 30.5. The molecule has 0 bridgehead atoms. The van der Waals surface area contributed by atoms with Crippen LogP contribution in [0.1, 0.15) is 40.7 Å². The number of allylic oxidation sites excluding steroid dienone is 1. The van der Waals surface area contributed by atoms with Gasteiger partial charge >= 0.3 is 5.69 Å². The molecule has 0 spiro atoms. The van der Waals surface area contributed by atoms with E-state index >= 15 is 4.39 Å². The number of aromatic nitrogens is 3. The monoisotopic (exact) mass is 576 g/mol. The van der Waals surface area contributed by atoms with Crippen LogP contribution >= 0.6 is 0 Å². The number of halogens is 2. The highest BCUT2D eigenvalue weighted by Crippen LogP contribution is 2.38. The molecule has 1 fully saturated rings. The van der Waals surface area contributed by atoms with Crippen molar-refractivity contribution >= 4 is 29.0 Å². The van der Waals surface area contributed by atoms with Crippen molar-refractivity contribution in [3.05, 3.63) is 70.7 Å². The normalized spacial score (nSPS) is 22.5. The van der Waals surface area contributed by atoms with Gasteiger partial charge in [-0.05, 0) is 62.6 Å². The number of aromatic hydroxyl groups is 1. The molecule has 1 saturated heterocycles. The maximum atomic E-state index is 15.9. The maximum absolute atomic E-state index is 15.9.